The molecule has 1 aromatic heterocycles. The minimum Gasteiger partial charge on any atom is -0.340 e. The van der Waals surface area contributed by atoms with Crippen molar-refractivity contribution in [2.45, 2.75) is 26.7 Å². The van der Waals surface area contributed by atoms with Gasteiger partial charge in [-0.15, -0.1) is 0 Å². The lowest BCUT2D eigenvalue weighted by Gasteiger charge is -2.12. The first-order chi connectivity index (χ1) is 9.61. The summed E-state index contributed by atoms with van der Waals surface area (Å²) in [4.78, 5) is 9.76. The van der Waals surface area contributed by atoms with Crippen LogP contribution in [0.3, 0.4) is 0 Å². The van der Waals surface area contributed by atoms with E-state index < -0.39 is 0 Å². The molecule has 6 heteroatoms. The molecule has 2 rings (SSSR count). The highest BCUT2D eigenvalue weighted by Gasteiger charge is 2.15. The maximum Gasteiger partial charge on any atom is 0.123 e. The van der Waals surface area contributed by atoms with Gasteiger partial charge in [0.25, 0.3) is 0 Å². The molecule has 0 bridgehead atoms. The SMILES string of the molecule is CSCC(C)C(=S)Nc1sc(C2=CN=CCC2)nc1C. The van der Waals surface area contributed by atoms with Gasteiger partial charge in [0.2, 0.25) is 0 Å². The zero-order valence-corrected chi connectivity index (χ0v) is 14.4. The minimum absolute atomic E-state index is 0.378. The molecule has 3 nitrogen and oxygen atoms in total. The van der Waals surface area contributed by atoms with Crippen LogP contribution in [0.2, 0.25) is 0 Å². The van der Waals surface area contributed by atoms with Gasteiger partial charge in [0.15, 0.2) is 0 Å². The van der Waals surface area contributed by atoms with Crippen molar-refractivity contribution in [3.8, 4) is 0 Å². The summed E-state index contributed by atoms with van der Waals surface area (Å²) >= 11 is 8.95. The van der Waals surface area contributed by atoms with Crippen LogP contribution in [0.1, 0.15) is 30.5 Å². The number of aliphatic imine (C=N–C) groups is 1. The number of anilines is 1. The van der Waals surface area contributed by atoms with E-state index in [1.807, 2.05) is 31.1 Å². The molecule has 1 N–H and O–H groups in total. The topological polar surface area (TPSA) is 37.3 Å². The van der Waals surface area contributed by atoms with Gasteiger partial charge in [0.05, 0.1) is 10.7 Å². The van der Waals surface area contributed by atoms with E-state index in [4.69, 9.17) is 12.2 Å². The van der Waals surface area contributed by atoms with Crippen molar-refractivity contribution >= 4 is 57.1 Å². The van der Waals surface area contributed by atoms with Gasteiger partial charge in [-0.3, -0.25) is 4.99 Å². The summed E-state index contributed by atoms with van der Waals surface area (Å²) in [5, 5.41) is 5.48. The lowest BCUT2D eigenvalue weighted by atomic mass is 10.1. The predicted octanol–water partition coefficient (Wildman–Crippen LogP) is 4.40. The van der Waals surface area contributed by atoms with Gasteiger partial charge in [0.1, 0.15) is 10.0 Å². The summed E-state index contributed by atoms with van der Waals surface area (Å²) in [6.07, 6.45) is 7.98. The van der Waals surface area contributed by atoms with Crippen molar-refractivity contribution in [1.29, 1.82) is 0 Å². The summed E-state index contributed by atoms with van der Waals surface area (Å²) in [6, 6.07) is 0. The van der Waals surface area contributed by atoms with Crippen molar-refractivity contribution in [2.75, 3.05) is 17.3 Å². The molecule has 108 valence electrons. The third kappa shape index (κ3) is 3.90. The van der Waals surface area contributed by atoms with Crippen molar-refractivity contribution in [1.82, 2.24) is 4.98 Å². The van der Waals surface area contributed by atoms with E-state index in [0.29, 0.717) is 5.92 Å². The third-order valence-electron chi connectivity index (χ3n) is 3.05. The van der Waals surface area contributed by atoms with E-state index >= 15 is 0 Å². The number of allylic oxidation sites excluding steroid dienone is 1. The molecule has 20 heavy (non-hydrogen) atoms. The Morgan fingerprint density at radius 3 is 3.05 bits per heavy atom. The number of nitrogens with one attached hydrogen (secondary N) is 1. The normalized spacial score (nSPS) is 15.8. The largest absolute Gasteiger partial charge is 0.340 e. The summed E-state index contributed by atoms with van der Waals surface area (Å²) < 4.78 is 0. The number of thiazole rings is 1. The number of aromatic nitrogens is 1. The molecule has 1 atom stereocenters. The number of hydrogen-bond acceptors (Lipinski definition) is 5. The third-order valence-corrected chi connectivity index (χ3v) is 5.54. The van der Waals surface area contributed by atoms with Crippen LogP contribution in [-0.2, 0) is 0 Å². The molecule has 1 aromatic rings. The molecular formula is C14H19N3S3. The molecule has 0 radical (unpaired) electrons. The number of thioether (sulfide) groups is 1. The van der Waals surface area contributed by atoms with Crippen molar-refractivity contribution in [3.05, 3.63) is 16.9 Å². The fourth-order valence-corrected chi connectivity index (χ4v) is 3.91. The Labute approximate surface area is 134 Å². The fraction of sp³-hybridized carbons (Fsp3) is 0.500. The van der Waals surface area contributed by atoms with E-state index in [2.05, 4.69) is 28.5 Å². The monoisotopic (exact) mass is 325 g/mol. The van der Waals surface area contributed by atoms with Crippen LogP contribution >= 0.6 is 35.3 Å². The highest BCUT2D eigenvalue weighted by molar-refractivity contribution is 7.98. The molecule has 0 saturated carbocycles. The first kappa shape index (κ1) is 15.7. The first-order valence-electron chi connectivity index (χ1n) is 6.60. The Morgan fingerprint density at radius 1 is 1.60 bits per heavy atom. The van der Waals surface area contributed by atoms with E-state index in [1.54, 1.807) is 11.3 Å². The second-order valence-corrected chi connectivity index (χ2v) is 7.15. The van der Waals surface area contributed by atoms with Crippen LogP contribution in [0.4, 0.5) is 5.00 Å². The van der Waals surface area contributed by atoms with E-state index in [-0.39, 0.29) is 0 Å². The Hall–Kier alpha value is -0.720. The Morgan fingerprint density at radius 2 is 2.40 bits per heavy atom. The van der Waals surface area contributed by atoms with Crippen LogP contribution in [0.15, 0.2) is 11.2 Å². The Bertz CT molecular complexity index is 546. The average Bonchev–Trinajstić information content (AvgIpc) is 2.81. The molecule has 0 aromatic carbocycles. The smallest absolute Gasteiger partial charge is 0.123 e. The zero-order chi connectivity index (χ0) is 14.5. The highest BCUT2D eigenvalue weighted by atomic mass is 32.2. The van der Waals surface area contributed by atoms with Crippen LogP contribution in [-0.4, -0.2) is 28.2 Å². The summed E-state index contributed by atoms with van der Waals surface area (Å²) in [5.74, 6) is 1.42. The van der Waals surface area contributed by atoms with Crippen LogP contribution in [0.5, 0.6) is 0 Å². The van der Waals surface area contributed by atoms with Gasteiger partial charge in [-0.2, -0.15) is 11.8 Å². The lowest BCUT2D eigenvalue weighted by Crippen LogP contribution is -2.19. The van der Waals surface area contributed by atoms with Gasteiger partial charge in [-0.05, 0) is 26.0 Å². The number of thiocarbonyl (C=S) groups is 1. The summed E-state index contributed by atoms with van der Waals surface area (Å²) in [7, 11) is 0. The zero-order valence-electron chi connectivity index (χ0n) is 12.0. The number of aryl methyl sites for hydroxylation is 1. The molecule has 0 spiro atoms. The molecule has 0 saturated heterocycles. The first-order valence-corrected chi connectivity index (χ1v) is 9.22. The second-order valence-electron chi connectivity index (χ2n) is 4.80. The fourth-order valence-electron chi connectivity index (χ4n) is 1.87. The number of hydrogen-bond donors (Lipinski definition) is 1. The number of rotatable bonds is 5. The molecule has 0 fully saturated rings. The van der Waals surface area contributed by atoms with E-state index in [0.717, 1.165) is 39.3 Å². The maximum absolute atomic E-state index is 5.47. The van der Waals surface area contributed by atoms with Crippen molar-refractivity contribution in [3.63, 3.8) is 0 Å². The van der Waals surface area contributed by atoms with Gasteiger partial charge in [0, 0.05) is 29.7 Å². The summed E-state index contributed by atoms with van der Waals surface area (Å²) in [6.45, 7) is 4.18. The molecule has 1 aliphatic heterocycles. The second kappa shape index (κ2) is 7.33. The van der Waals surface area contributed by atoms with Gasteiger partial charge in [-0.25, -0.2) is 4.98 Å². The highest BCUT2D eigenvalue weighted by Crippen LogP contribution is 2.32. The molecule has 0 amide bonds. The molecule has 0 aliphatic carbocycles. The lowest BCUT2D eigenvalue weighted by molar-refractivity contribution is 0.915. The van der Waals surface area contributed by atoms with Gasteiger partial charge < -0.3 is 5.32 Å². The van der Waals surface area contributed by atoms with E-state index in [9.17, 15) is 0 Å². The Kier molecular flexibility index (Phi) is 5.74. The standard InChI is InChI=1S/C14H19N3S3/c1-9(8-19-3)12(18)17-13-10(2)16-14(20-13)11-5-4-6-15-7-11/h6-7,9H,4-5,8H2,1-3H3,(H,17,18). The van der Waals surface area contributed by atoms with Gasteiger partial charge >= 0.3 is 0 Å². The van der Waals surface area contributed by atoms with Crippen LogP contribution in [0.25, 0.3) is 5.57 Å². The van der Waals surface area contributed by atoms with Crippen LogP contribution in [0, 0.1) is 12.8 Å². The molecular weight excluding hydrogens is 306 g/mol. The molecule has 2 heterocycles. The minimum atomic E-state index is 0.378. The number of nitrogens with zero attached hydrogens (tertiary/aromatic N) is 2. The molecule has 1 aliphatic rings. The van der Waals surface area contributed by atoms with Crippen molar-refractivity contribution in [2.24, 2.45) is 10.9 Å². The van der Waals surface area contributed by atoms with Crippen LogP contribution < -0.4 is 5.32 Å². The quantitative estimate of drug-likeness (QED) is 0.814. The predicted molar refractivity (Wildman–Crippen MR) is 96.3 cm³/mol. The average molecular weight is 326 g/mol. The molecule has 1 unspecified atom stereocenters. The van der Waals surface area contributed by atoms with Crippen molar-refractivity contribution < 1.29 is 0 Å². The maximum atomic E-state index is 5.47. The summed E-state index contributed by atoms with van der Waals surface area (Å²) in [5.41, 5.74) is 2.23. The Balaban J connectivity index is 2.10. The van der Waals surface area contributed by atoms with Gasteiger partial charge in [-0.1, -0.05) is 30.5 Å². The van der Waals surface area contributed by atoms with E-state index in [1.165, 1.54) is 5.57 Å².